The minimum absolute atomic E-state index is 0.0701. The van der Waals surface area contributed by atoms with E-state index in [0.29, 0.717) is 5.92 Å². The van der Waals surface area contributed by atoms with Gasteiger partial charge in [-0.25, -0.2) is 4.79 Å². The largest absolute Gasteiger partial charge is 0.477 e. The molecule has 0 spiro atoms. The number of hydrogen-bond donors (Lipinski definition) is 6. The normalized spacial score (nSPS) is 41.5. The van der Waals surface area contributed by atoms with Gasteiger partial charge in [-0.15, -0.1) is 0 Å². The maximum atomic E-state index is 11.2. The van der Waals surface area contributed by atoms with Gasteiger partial charge in [0.05, 0.1) is 18.8 Å². The van der Waals surface area contributed by atoms with E-state index in [1.165, 1.54) is 0 Å². The standard InChI is InChI=1S/C14H24N2O8/c1-2-6-3-7(6)15-10-9(18)4-14(22,13(20)21)24-12(10)11(19)8(5-17)16-23/h6-12,15,17-19,22H,2-5H2,1H3,(H,20,21)/t6?,7?,8?,9?,10?,11-,12?,14+/m1/s1. The lowest BCUT2D eigenvalue weighted by atomic mass is 9.88. The van der Waals surface area contributed by atoms with Crippen LogP contribution in [0.1, 0.15) is 26.2 Å². The van der Waals surface area contributed by atoms with E-state index in [0.717, 1.165) is 12.8 Å². The zero-order valence-electron chi connectivity index (χ0n) is 13.3. The molecule has 1 heterocycles. The van der Waals surface area contributed by atoms with Crippen LogP contribution in [0.25, 0.3) is 0 Å². The maximum Gasteiger partial charge on any atom is 0.364 e. The summed E-state index contributed by atoms with van der Waals surface area (Å²) in [4.78, 5) is 22.0. The minimum atomic E-state index is -2.69. The molecule has 2 aliphatic rings. The average Bonchev–Trinajstić information content (AvgIpc) is 3.29. The predicted molar refractivity (Wildman–Crippen MR) is 79.9 cm³/mol. The molecule has 138 valence electrons. The molecule has 6 N–H and O–H groups in total. The molecule has 0 aromatic rings. The van der Waals surface area contributed by atoms with E-state index in [4.69, 9.17) is 14.9 Å². The Kier molecular flexibility index (Phi) is 5.89. The molecular formula is C14H24N2O8. The third-order valence-corrected chi connectivity index (χ3v) is 4.83. The number of nitroso groups, excluding NO2 is 1. The van der Waals surface area contributed by atoms with Crippen LogP contribution in [0.4, 0.5) is 0 Å². The van der Waals surface area contributed by atoms with Gasteiger partial charge in [0.15, 0.2) is 0 Å². The fourth-order valence-electron chi connectivity index (χ4n) is 3.17. The molecule has 1 saturated carbocycles. The first-order valence-electron chi connectivity index (χ1n) is 7.96. The highest BCUT2D eigenvalue weighted by molar-refractivity contribution is 5.75. The van der Waals surface area contributed by atoms with E-state index in [1.807, 2.05) is 6.92 Å². The van der Waals surface area contributed by atoms with Crippen LogP contribution in [0.3, 0.4) is 0 Å². The van der Waals surface area contributed by atoms with Crippen molar-refractivity contribution in [1.29, 1.82) is 0 Å². The molecule has 1 aliphatic carbocycles. The van der Waals surface area contributed by atoms with Gasteiger partial charge in [-0.1, -0.05) is 18.5 Å². The molecule has 6 unspecified atom stereocenters. The van der Waals surface area contributed by atoms with Gasteiger partial charge < -0.3 is 35.6 Å². The Hall–Kier alpha value is -1.17. The number of ether oxygens (including phenoxy) is 1. The Bertz CT molecular complexity index is 478. The summed E-state index contributed by atoms with van der Waals surface area (Å²) < 4.78 is 5.14. The number of nitrogens with one attached hydrogen (secondary N) is 1. The van der Waals surface area contributed by atoms with Crippen molar-refractivity contribution in [2.75, 3.05) is 6.61 Å². The monoisotopic (exact) mass is 348 g/mol. The summed E-state index contributed by atoms with van der Waals surface area (Å²) in [6, 6.07) is -2.30. The van der Waals surface area contributed by atoms with Crippen LogP contribution in [-0.2, 0) is 9.53 Å². The third kappa shape index (κ3) is 3.73. The Morgan fingerprint density at radius 1 is 1.50 bits per heavy atom. The SMILES string of the molecule is CCC1CC1NC1C(O)C[C@@](O)(C(=O)O)OC1[C@H](O)C(CO)N=O. The van der Waals surface area contributed by atoms with Crippen LogP contribution in [0.2, 0.25) is 0 Å². The van der Waals surface area contributed by atoms with Crippen LogP contribution >= 0.6 is 0 Å². The summed E-state index contributed by atoms with van der Waals surface area (Å²) in [5.41, 5.74) is 0. The van der Waals surface area contributed by atoms with Gasteiger partial charge in [-0.2, -0.15) is 4.91 Å². The highest BCUT2D eigenvalue weighted by atomic mass is 16.7. The van der Waals surface area contributed by atoms with Crippen molar-refractivity contribution < 1.29 is 35.1 Å². The molecule has 0 radical (unpaired) electrons. The zero-order chi connectivity index (χ0) is 18.1. The maximum absolute atomic E-state index is 11.2. The summed E-state index contributed by atoms with van der Waals surface area (Å²) in [6.07, 6.45) is -3.26. The molecule has 2 rings (SSSR count). The Labute approximate surface area is 138 Å². The highest BCUT2D eigenvalue weighted by Crippen LogP contribution is 2.37. The van der Waals surface area contributed by atoms with E-state index < -0.39 is 55.2 Å². The topological polar surface area (TPSA) is 169 Å². The van der Waals surface area contributed by atoms with Gasteiger partial charge in [0.25, 0.3) is 5.79 Å². The van der Waals surface area contributed by atoms with Gasteiger partial charge in [0, 0.05) is 12.5 Å². The van der Waals surface area contributed by atoms with E-state index in [9.17, 15) is 25.0 Å². The molecule has 0 aromatic carbocycles. The number of aliphatic hydroxyl groups is 4. The van der Waals surface area contributed by atoms with E-state index in [2.05, 4.69) is 10.5 Å². The van der Waals surface area contributed by atoms with Crippen molar-refractivity contribution >= 4 is 5.97 Å². The smallest absolute Gasteiger partial charge is 0.364 e. The van der Waals surface area contributed by atoms with Crippen molar-refractivity contribution in [3.05, 3.63) is 4.91 Å². The number of carboxylic acid groups (broad SMARTS) is 1. The average molecular weight is 348 g/mol. The van der Waals surface area contributed by atoms with Gasteiger partial charge >= 0.3 is 5.97 Å². The molecular weight excluding hydrogens is 324 g/mol. The molecule has 10 heteroatoms. The molecule has 0 aromatic heterocycles. The van der Waals surface area contributed by atoms with Gasteiger partial charge in [0.1, 0.15) is 18.2 Å². The Morgan fingerprint density at radius 2 is 2.17 bits per heavy atom. The van der Waals surface area contributed by atoms with Crippen LogP contribution in [0.5, 0.6) is 0 Å². The lowest BCUT2D eigenvalue weighted by Gasteiger charge is -2.44. The second-order valence-corrected chi connectivity index (χ2v) is 6.49. The highest BCUT2D eigenvalue weighted by Gasteiger charge is 2.55. The van der Waals surface area contributed by atoms with Crippen molar-refractivity contribution in [2.24, 2.45) is 11.1 Å². The minimum Gasteiger partial charge on any atom is -0.477 e. The second-order valence-electron chi connectivity index (χ2n) is 6.49. The zero-order valence-corrected chi connectivity index (χ0v) is 13.3. The molecule has 2 fully saturated rings. The van der Waals surface area contributed by atoms with Gasteiger partial charge in [-0.3, -0.25) is 0 Å². The van der Waals surface area contributed by atoms with Crippen LogP contribution in [0, 0.1) is 10.8 Å². The predicted octanol–water partition coefficient (Wildman–Crippen LogP) is -1.85. The first kappa shape index (κ1) is 19.2. The van der Waals surface area contributed by atoms with Crippen molar-refractivity contribution in [1.82, 2.24) is 5.32 Å². The van der Waals surface area contributed by atoms with Crippen molar-refractivity contribution in [2.45, 2.75) is 68.4 Å². The molecule has 1 aliphatic heterocycles. The first-order valence-corrected chi connectivity index (χ1v) is 7.96. The lowest BCUT2D eigenvalue weighted by Crippen LogP contribution is -2.67. The number of aliphatic hydroxyl groups excluding tert-OH is 3. The number of aliphatic carboxylic acids is 1. The second kappa shape index (κ2) is 7.38. The van der Waals surface area contributed by atoms with E-state index >= 15 is 0 Å². The fraction of sp³-hybridized carbons (Fsp3) is 0.929. The van der Waals surface area contributed by atoms with Gasteiger partial charge in [-0.05, 0) is 12.3 Å². The summed E-state index contributed by atoms with van der Waals surface area (Å²) in [5, 5.41) is 54.5. The quantitative estimate of drug-likeness (QED) is 0.276. The number of carboxylic acids is 1. The molecule has 0 bridgehead atoms. The van der Waals surface area contributed by atoms with Gasteiger partial charge in [0.2, 0.25) is 0 Å². The molecule has 8 atom stereocenters. The first-order chi connectivity index (χ1) is 11.3. The molecule has 1 saturated heterocycles. The number of hydrogen-bond acceptors (Lipinski definition) is 9. The van der Waals surface area contributed by atoms with E-state index in [-0.39, 0.29) is 6.04 Å². The molecule has 10 nitrogen and oxygen atoms in total. The summed E-state index contributed by atoms with van der Waals surface area (Å²) in [5.74, 6) is -4.01. The summed E-state index contributed by atoms with van der Waals surface area (Å²) in [7, 11) is 0. The Balaban J connectivity index is 2.22. The van der Waals surface area contributed by atoms with Crippen LogP contribution < -0.4 is 5.32 Å². The number of nitrogens with zero attached hydrogens (tertiary/aromatic N) is 1. The van der Waals surface area contributed by atoms with E-state index in [1.54, 1.807) is 0 Å². The number of carbonyl (C=O) groups is 1. The van der Waals surface area contributed by atoms with Crippen LogP contribution in [0.15, 0.2) is 5.18 Å². The van der Waals surface area contributed by atoms with Crippen molar-refractivity contribution in [3.63, 3.8) is 0 Å². The summed E-state index contributed by atoms with van der Waals surface area (Å²) in [6.45, 7) is 1.23. The lowest BCUT2D eigenvalue weighted by molar-refractivity contribution is -0.291. The fourth-order valence-corrected chi connectivity index (χ4v) is 3.17. The molecule has 0 amide bonds. The third-order valence-electron chi connectivity index (χ3n) is 4.83. The Morgan fingerprint density at radius 3 is 2.62 bits per heavy atom. The van der Waals surface area contributed by atoms with Crippen LogP contribution in [-0.4, -0.2) is 80.3 Å². The summed E-state index contributed by atoms with van der Waals surface area (Å²) >= 11 is 0. The number of rotatable bonds is 8. The molecule has 24 heavy (non-hydrogen) atoms. The van der Waals surface area contributed by atoms with Crippen molar-refractivity contribution in [3.8, 4) is 0 Å².